The Labute approximate surface area is 405 Å². The zero-order valence-corrected chi connectivity index (χ0v) is 43.0. The van der Waals surface area contributed by atoms with Crippen LogP contribution in [0.1, 0.15) is 277 Å². The molecular formula is C55H109NO10. The first kappa shape index (κ1) is 63.1. The number of aliphatic hydroxyl groups excluding tert-OH is 7. The van der Waals surface area contributed by atoms with Crippen molar-refractivity contribution in [1.29, 1.82) is 0 Å². The quantitative estimate of drug-likeness (QED) is 0.0273. The highest BCUT2D eigenvalue weighted by Crippen LogP contribution is 2.24. The highest BCUT2D eigenvalue weighted by atomic mass is 16.7. The second-order valence-electron chi connectivity index (χ2n) is 20.4. The molecule has 0 aromatic carbocycles. The van der Waals surface area contributed by atoms with Crippen LogP contribution in [0, 0.1) is 0 Å². The van der Waals surface area contributed by atoms with E-state index in [9.17, 15) is 40.5 Å². The summed E-state index contributed by atoms with van der Waals surface area (Å²) >= 11 is 0. The summed E-state index contributed by atoms with van der Waals surface area (Å²) in [7, 11) is 0. The van der Waals surface area contributed by atoms with Gasteiger partial charge < -0.3 is 50.5 Å². The van der Waals surface area contributed by atoms with E-state index in [4.69, 9.17) is 9.47 Å². The molecule has 0 bridgehead atoms. The number of ether oxygens (including phenoxy) is 2. The zero-order chi connectivity index (χ0) is 48.3. The van der Waals surface area contributed by atoms with Crippen LogP contribution in [0.15, 0.2) is 0 Å². The molecule has 1 amide bonds. The van der Waals surface area contributed by atoms with E-state index in [-0.39, 0.29) is 6.42 Å². The van der Waals surface area contributed by atoms with Crippen LogP contribution in [0.3, 0.4) is 0 Å². The molecule has 394 valence electrons. The first-order chi connectivity index (χ1) is 32.2. The topological polar surface area (TPSA) is 189 Å². The van der Waals surface area contributed by atoms with Gasteiger partial charge in [0.2, 0.25) is 5.91 Å². The van der Waals surface area contributed by atoms with Crippen LogP contribution in [0.25, 0.3) is 0 Å². The van der Waals surface area contributed by atoms with Crippen molar-refractivity contribution in [2.75, 3.05) is 13.2 Å². The third-order valence-electron chi connectivity index (χ3n) is 14.2. The maximum absolute atomic E-state index is 13.2. The summed E-state index contributed by atoms with van der Waals surface area (Å²) in [5.41, 5.74) is 0. The van der Waals surface area contributed by atoms with Crippen molar-refractivity contribution in [2.45, 2.75) is 332 Å². The molecule has 0 spiro atoms. The normalized spacial score (nSPS) is 20.7. The second kappa shape index (κ2) is 45.3. The van der Waals surface area contributed by atoms with E-state index in [0.29, 0.717) is 19.3 Å². The van der Waals surface area contributed by atoms with Crippen LogP contribution in [-0.4, -0.2) is 110 Å². The van der Waals surface area contributed by atoms with Gasteiger partial charge in [0, 0.05) is 0 Å². The lowest BCUT2D eigenvalue weighted by Crippen LogP contribution is -2.60. The van der Waals surface area contributed by atoms with Gasteiger partial charge in [-0.15, -0.1) is 0 Å². The van der Waals surface area contributed by atoms with Crippen molar-refractivity contribution in [2.24, 2.45) is 0 Å². The molecule has 1 heterocycles. The van der Waals surface area contributed by atoms with Gasteiger partial charge in [0.15, 0.2) is 6.29 Å². The van der Waals surface area contributed by atoms with Gasteiger partial charge in [-0.2, -0.15) is 0 Å². The third-order valence-corrected chi connectivity index (χ3v) is 14.2. The molecule has 0 aromatic heterocycles. The van der Waals surface area contributed by atoms with Gasteiger partial charge >= 0.3 is 0 Å². The summed E-state index contributed by atoms with van der Waals surface area (Å²) in [6, 6.07) is -1.16. The lowest BCUT2D eigenvalue weighted by atomic mass is 9.98. The van der Waals surface area contributed by atoms with E-state index in [0.717, 1.165) is 38.5 Å². The predicted molar refractivity (Wildman–Crippen MR) is 270 cm³/mol. The maximum Gasteiger partial charge on any atom is 0.249 e. The molecule has 66 heavy (non-hydrogen) atoms. The van der Waals surface area contributed by atoms with Crippen LogP contribution < -0.4 is 5.32 Å². The molecule has 1 fully saturated rings. The highest BCUT2D eigenvalue weighted by Gasteiger charge is 2.44. The minimum Gasteiger partial charge on any atom is -0.394 e. The predicted octanol–water partition coefficient (Wildman–Crippen LogP) is 11.4. The lowest BCUT2D eigenvalue weighted by Gasteiger charge is -2.40. The number of hydrogen-bond acceptors (Lipinski definition) is 10. The molecule has 0 radical (unpaired) electrons. The molecular weight excluding hydrogens is 835 g/mol. The fourth-order valence-corrected chi connectivity index (χ4v) is 9.50. The van der Waals surface area contributed by atoms with Gasteiger partial charge in [-0.1, -0.05) is 264 Å². The molecule has 11 nitrogen and oxygen atoms in total. The summed E-state index contributed by atoms with van der Waals surface area (Å²) in [6.45, 7) is 3.49. The SMILES string of the molecule is CCCCCCCCCCCCCCCCCCCCCCCC(O)C(=O)NC(COC1OC(CO)C(O)C(O)C1O)C(O)C(O)CCCCCCCCCCCCCCCCCCCC. The van der Waals surface area contributed by atoms with Crippen molar-refractivity contribution in [3.8, 4) is 0 Å². The van der Waals surface area contributed by atoms with E-state index in [1.807, 2.05) is 0 Å². The summed E-state index contributed by atoms with van der Waals surface area (Å²) in [5.74, 6) is -0.690. The minimum absolute atomic E-state index is 0.267. The van der Waals surface area contributed by atoms with E-state index in [1.165, 1.54) is 199 Å². The van der Waals surface area contributed by atoms with E-state index < -0.39 is 74.2 Å². The Morgan fingerprint density at radius 3 is 1.12 bits per heavy atom. The third kappa shape index (κ3) is 33.6. The second-order valence-corrected chi connectivity index (χ2v) is 20.4. The maximum atomic E-state index is 13.2. The van der Waals surface area contributed by atoms with Crippen molar-refractivity contribution in [1.82, 2.24) is 5.32 Å². The Morgan fingerprint density at radius 2 is 0.788 bits per heavy atom. The minimum atomic E-state index is -1.66. The monoisotopic (exact) mass is 944 g/mol. The van der Waals surface area contributed by atoms with Crippen LogP contribution in [0.2, 0.25) is 0 Å². The van der Waals surface area contributed by atoms with Gasteiger partial charge in [0.25, 0.3) is 0 Å². The average Bonchev–Trinajstić information content (AvgIpc) is 3.32. The molecule has 8 N–H and O–H groups in total. The fraction of sp³-hybridized carbons (Fsp3) is 0.982. The first-order valence-electron chi connectivity index (χ1n) is 28.4. The number of aliphatic hydroxyl groups is 7. The van der Waals surface area contributed by atoms with Gasteiger partial charge in [0.05, 0.1) is 25.4 Å². The molecule has 0 aromatic rings. The molecule has 9 unspecified atom stereocenters. The van der Waals surface area contributed by atoms with E-state index in [1.54, 1.807) is 0 Å². The number of carbonyl (C=O) groups is 1. The Hall–Kier alpha value is -0.890. The van der Waals surface area contributed by atoms with Crippen molar-refractivity contribution >= 4 is 5.91 Å². The molecule has 1 saturated heterocycles. The number of amides is 1. The Balaban J connectivity index is 2.31. The number of rotatable bonds is 49. The molecule has 11 heteroatoms. The molecule has 9 atom stereocenters. The molecule has 0 saturated carbocycles. The van der Waals surface area contributed by atoms with Gasteiger partial charge in [-0.25, -0.2) is 0 Å². The summed E-state index contributed by atoms with van der Waals surface area (Å²) in [5, 5.41) is 76.1. The Morgan fingerprint density at radius 1 is 0.470 bits per heavy atom. The first-order valence-corrected chi connectivity index (χ1v) is 28.4. The van der Waals surface area contributed by atoms with Crippen molar-refractivity contribution < 1.29 is 50.0 Å². The number of carbonyl (C=O) groups excluding carboxylic acids is 1. The highest BCUT2D eigenvalue weighted by molar-refractivity contribution is 5.80. The fourth-order valence-electron chi connectivity index (χ4n) is 9.50. The van der Waals surface area contributed by atoms with Crippen LogP contribution >= 0.6 is 0 Å². The number of nitrogens with one attached hydrogen (secondary N) is 1. The summed E-state index contributed by atoms with van der Waals surface area (Å²) in [6.07, 6.45) is 38.6. The number of unbranched alkanes of at least 4 members (excludes halogenated alkanes) is 37. The van der Waals surface area contributed by atoms with E-state index >= 15 is 0 Å². The molecule has 0 aliphatic carbocycles. The van der Waals surface area contributed by atoms with Gasteiger partial charge in [-0.3, -0.25) is 4.79 Å². The standard InChI is InChI=1S/C55H109NO10/c1-3-5-7-9-11-13-15-17-19-21-23-24-25-27-29-31-33-35-37-39-41-43-48(59)54(64)56-46(45-65-55-53(63)52(62)51(61)49(44-57)66-55)50(60)47(58)42-40-38-36-34-32-30-28-26-22-20-18-16-14-12-10-8-6-4-2/h46-53,55,57-63H,3-45H2,1-2H3,(H,56,64). The van der Waals surface area contributed by atoms with Crippen LogP contribution in [0.4, 0.5) is 0 Å². The molecule has 1 aliphatic heterocycles. The molecule has 1 aliphatic rings. The summed E-state index contributed by atoms with van der Waals surface area (Å²) < 4.78 is 11.1. The molecule has 1 rings (SSSR count). The average molecular weight is 944 g/mol. The number of hydrogen-bond donors (Lipinski definition) is 8. The summed E-state index contributed by atoms with van der Waals surface area (Å²) in [4.78, 5) is 13.2. The van der Waals surface area contributed by atoms with Crippen molar-refractivity contribution in [3.05, 3.63) is 0 Å². The zero-order valence-electron chi connectivity index (χ0n) is 43.0. The van der Waals surface area contributed by atoms with Crippen LogP contribution in [-0.2, 0) is 14.3 Å². The smallest absolute Gasteiger partial charge is 0.249 e. The lowest BCUT2D eigenvalue weighted by molar-refractivity contribution is -0.303. The van der Waals surface area contributed by atoms with E-state index in [2.05, 4.69) is 19.2 Å². The Bertz CT molecular complexity index is 1040. The van der Waals surface area contributed by atoms with Gasteiger partial charge in [-0.05, 0) is 12.8 Å². The Kier molecular flexibility index (Phi) is 43.3. The largest absolute Gasteiger partial charge is 0.394 e. The van der Waals surface area contributed by atoms with Gasteiger partial charge in [0.1, 0.15) is 36.6 Å². The van der Waals surface area contributed by atoms with Crippen LogP contribution in [0.5, 0.6) is 0 Å². The van der Waals surface area contributed by atoms with Crippen molar-refractivity contribution in [3.63, 3.8) is 0 Å².